The summed E-state index contributed by atoms with van der Waals surface area (Å²) in [6.45, 7) is 3.18. The van der Waals surface area contributed by atoms with Crippen LogP contribution in [0.15, 0.2) is 41.3 Å². The molecule has 200 valence electrons. The number of aliphatic hydroxyl groups is 2. The van der Waals surface area contributed by atoms with E-state index in [0.717, 1.165) is 0 Å². The first-order chi connectivity index (χ1) is 17.3. The molecule has 0 radical (unpaired) electrons. The van der Waals surface area contributed by atoms with Gasteiger partial charge < -0.3 is 20.8 Å². The topological polar surface area (TPSA) is 133 Å². The number of amides is 2. The summed E-state index contributed by atoms with van der Waals surface area (Å²) in [6.07, 6.45) is 0.0957. The Hall–Kier alpha value is -2.53. The second-order valence-electron chi connectivity index (χ2n) is 10.2. The average molecular weight is 553 g/mol. The van der Waals surface area contributed by atoms with E-state index in [0.29, 0.717) is 17.7 Å². The zero-order valence-electron chi connectivity index (χ0n) is 20.5. The molecule has 11 heteroatoms. The van der Waals surface area contributed by atoms with Crippen LogP contribution in [-0.4, -0.2) is 53.9 Å². The summed E-state index contributed by atoms with van der Waals surface area (Å²) in [5.74, 6) is -2.10. The Morgan fingerprint density at radius 1 is 1.16 bits per heavy atom. The van der Waals surface area contributed by atoms with Crippen molar-refractivity contribution in [2.75, 3.05) is 11.9 Å². The van der Waals surface area contributed by atoms with Crippen molar-refractivity contribution in [2.45, 2.75) is 61.4 Å². The number of benzene rings is 2. The SMILES string of the molecule is Cc1cc(NC(=O)c2ccc(Cl)c(S(=O)(=O)[C@H]3CC4CC(C3)[C@]4(O)CC(=O)NC[C@@H](C)O)c2)ccc1F. The molecule has 2 bridgehead atoms. The van der Waals surface area contributed by atoms with Gasteiger partial charge in [0.15, 0.2) is 9.84 Å². The summed E-state index contributed by atoms with van der Waals surface area (Å²) in [4.78, 5) is 24.8. The van der Waals surface area contributed by atoms with Crippen LogP contribution in [0.5, 0.6) is 0 Å². The molecule has 0 aromatic heterocycles. The molecule has 2 aromatic carbocycles. The molecular formula is C26H30ClFN2O6S. The van der Waals surface area contributed by atoms with Crippen LogP contribution in [0.3, 0.4) is 0 Å². The summed E-state index contributed by atoms with van der Waals surface area (Å²) in [6, 6.07) is 8.12. The van der Waals surface area contributed by atoms with Gasteiger partial charge in [-0.15, -0.1) is 0 Å². The van der Waals surface area contributed by atoms with Crippen LogP contribution in [0.25, 0.3) is 0 Å². The van der Waals surface area contributed by atoms with Gasteiger partial charge >= 0.3 is 0 Å². The molecule has 2 amide bonds. The molecule has 3 saturated carbocycles. The van der Waals surface area contributed by atoms with E-state index in [-0.39, 0.29) is 53.1 Å². The predicted octanol–water partition coefficient (Wildman–Crippen LogP) is 3.23. The lowest BCUT2D eigenvalue weighted by molar-refractivity contribution is -0.183. The summed E-state index contributed by atoms with van der Waals surface area (Å²) in [5, 5.41) is 24.8. The van der Waals surface area contributed by atoms with E-state index in [4.69, 9.17) is 11.6 Å². The molecule has 4 N–H and O–H groups in total. The molecule has 3 aliphatic carbocycles. The van der Waals surface area contributed by atoms with E-state index in [1.807, 2.05) is 0 Å². The Morgan fingerprint density at radius 3 is 2.46 bits per heavy atom. The molecule has 0 spiro atoms. The number of nitrogens with one attached hydrogen (secondary N) is 2. The first-order valence-corrected chi connectivity index (χ1v) is 14.0. The van der Waals surface area contributed by atoms with Gasteiger partial charge in [0.1, 0.15) is 5.82 Å². The molecule has 2 unspecified atom stereocenters. The third-order valence-corrected chi connectivity index (χ3v) is 10.1. The van der Waals surface area contributed by atoms with Gasteiger partial charge in [0.2, 0.25) is 5.91 Å². The number of rotatable bonds is 8. The van der Waals surface area contributed by atoms with Crippen molar-refractivity contribution in [3.8, 4) is 0 Å². The van der Waals surface area contributed by atoms with Gasteiger partial charge in [0.05, 0.1) is 33.3 Å². The number of fused-ring (bicyclic) bond motifs is 2. The number of carbonyl (C=O) groups excluding carboxylic acids is 2. The van der Waals surface area contributed by atoms with Gasteiger partial charge in [-0.1, -0.05) is 11.6 Å². The molecule has 37 heavy (non-hydrogen) atoms. The summed E-state index contributed by atoms with van der Waals surface area (Å²) in [7, 11) is -3.94. The van der Waals surface area contributed by atoms with Crippen LogP contribution in [0.4, 0.5) is 10.1 Å². The zero-order valence-corrected chi connectivity index (χ0v) is 22.1. The van der Waals surface area contributed by atoms with Crippen LogP contribution in [0, 0.1) is 24.6 Å². The second kappa shape index (κ2) is 10.3. The van der Waals surface area contributed by atoms with Crippen molar-refractivity contribution in [1.82, 2.24) is 5.32 Å². The van der Waals surface area contributed by atoms with Crippen molar-refractivity contribution in [3.05, 3.63) is 58.4 Å². The molecule has 0 aliphatic heterocycles. The number of hydrogen-bond donors (Lipinski definition) is 4. The van der Waals surface area contributed by atoms with E-state index >= 15 is 0 Å². The third-order valence-electron chi connectivity index (χ3n) is 7.47. The average Bonchev–Trinajstić information content (AvgIpc) is 2.85. The molecule has 3 fully saturated rings. The Bertz CT molecular complexity index is 1320. The lowest BCUT2D eigenvalue weighted by Gasteiger charge is -2.58. The summed E-state index contributed by atoms with van der Waals surface area (Å²) >= 11 is 6.26. The zero-order chi connectivity index (χ0) is 27.1. The fourth-order valence-corrected chi connectivity index (χ4v) is 7.75. The molecule has 0 heterocycles. The third kappa shape index (κ3) is 5.52. The fraction of sp³-hybridized carbons (Fsp3) is 0.462. The monoisotopic (exact) mass is 552 g/mol. The highest BCUT2D eigenvalue weighted by Gasteiger charge is 2.60. The van der Waals surface area contributed by atoms with Crippen molar-refractivity contribution in [3.63, 3.8) is 0 Å². The highest BCUT2D eigenvalue weighted by molar-refractivity contribution is 7.92. The molecular weight excluding hydrogens is 523 g/mol. The van der Waals surface area contributed by atoms with Crippen molar-refractivity contribution in [2.24, 2.45) is 11.8 Å². The van der Waals surface area contributed by atoms with Crippen LogP contribution in [-0.2, 0) is 14.6 Å². The standard InChI is InChI=1S/C26H30ClFN2O6S/c1-14-7-19(4-6-22(14)28)30-25(33)16-3-5-21(27)23(8-16)37(35,36)20-10-17-9-18(11-20)26(17,34)12-24(32)29-13-15(2)31/h3-8,15,17-18,20,31,34H,9-13H2,1-2H3,(H,29,32)(H,30,33)/t15-,17?,18?,20-,26-/m1/s1. The van der Waals surface area contributed by atoms with Crippen molar-refractivity contribution in [1.29, 1.82) is 0 Å². The molecule has 8 nitrogen and oxygen atoms in total. The first kappa shape index (κ1) is 27.5. The number of hydrogen-bond acceptors (Lipinski definition) is 6. The second-order valence-corrected chi connectivity index (χ2v) is 12.8. The van der Waals surface area contributed by atoms with Gasteiger partial charge in [-0.2, -0.15) is 0 Å². The minimum Gasteiger partial charge on any atom is -0.392 e. The minimum atomic E-state index is -3.94. The Labute approximate surface area is 220 Å². The number of carbonyl (C=O) groups is 2. The predicted molar refractivity (Wildman–Crippen MR) is 137 cm³/mol. The highest BCUT2D eigenvalue weighted by atomic mass is 35.5. The van der Waals surface area contributed by atoms with Crippen LogP contribution in [0.1, 0.15) is 48.5 Å². The lowest BCUT2D eigenvalue weighted by Crippen LogP contribution is -2.63. The van der Waals surface area contributed by atoms with E-state index < -0.39 is 44.4 Å². The van der Waals surface area contributed by atoms with Gasteiger partial charge in [-0.05, 0) is 86.9 Å². The summed E-state index contributed by atoms with van der Waals surface area (Å²) < 4.78 is 40.6. The smallest absolute Gasteiger partial charge is 0.255 e. The largest absolute Gasteiger partial charge is 0.392 e. The lowest BCUT2D eigenvalue weighted by atomic mass is 9.52. The number of aryl methyl sites for hydroxylation is 1. The molecule has 3 aliphatic rings. The normalized spacial score (nSPS) is 25.6. The minimum absolute atomic E-state index is 0.0128. The van der Waals surface area contributed by atoms with E-state index in [1.165, 1.54) is 43.3 Å². The summed E-state index contributed by atoms with van der Waals surface area (Å²) in [5.41, 5.74) is -0.480. The van der Waals surface area contributed by atoms with E-state index in [1.54, 1.807) is 6.92 Å². The van der Waals surface area contributed by atoms with Gasteiger partial charge in [0, 0.05) is 17.8 Å². The first-order valence-electron chi connectivity index (χ1n) is 12.1. The number of anilines is 1. The van der Waals surface area contributed by atoms with Crippen molar-refractivity contribution >= 4 is 38.9 Å². The Kier molecular flexibility index (Phi) is 7.67. The number of aliphatic hydroxyl groups excluding tert-OH is 1. The van der Waals surface area contributed by atoms with Gasteiger partial charge in [-0.3, -0.25) is 9.59 Å². The maximum Gasteiger partial charge on any atom is 0.255 e. The maximum absolute atomic E-state index is 13.6. The van der Waals surface area contributed by atoms with Gasteiger partial charge in [0.25, 0.3) is 5.91 Å². The maximum atomic E-state index is 13.6. The van der Waals surface area contributed by atoms with Gasteiger partial charge in [-0.25, -0.2) is 12.8 Å². The molecule has 0 saturated heterocycles. The fourth-order valence-electron chi connectivity index (χ4n) is 5.35. The van der Waals surface area contributed by atoms with E-state index in [2.05, 4.69) is 10.6 Å². The highest BCUT2D eigenvalue weighted by Crippen LogP contribution is 2.57. The number of sulfone groups is 1. The number of halogens is 2. The molecule has 3 atom stereocenters. The molecule has 5 rings (SSSR count). The van der Waals surface area contributed by atoms with Crippen molar-refractivity contribution < 1.29 is 32.6 Å². The van der Waals surface area contributed by atoms with Crippen LogP contribution in [0.2, 0.25) is 5.02 Å². The van der Waals surface area contributed by atoms with Crippen LogP contribution < -0.4 is 10.6 Å². The van der Waals surface area contributed by atoms with E-state index in [9.17, 15) is 32.6 Å². The van der Waals surface area contributed by atoms with Crippen LogP contribution >= 0.6 is 11.6 Å². The Balaban J connectivity index is 1.48. The quantitative estimate of drug-likeness (QED) is 0.397. The molecule has 2 aromatic rings. The Morgan fingerprint density at radius 2 is 1.84 bits per heavy atom.